The van der Waals surface area contributed by atoms with Crippen molar-refractivity contribution in [3.8, 4) is 0 Å². The van der Waals surface area contributed by atoms with Crippen molar-refractivity contribution < 1.29 is 18.0 Å². The van der Waals surface area contributed by atoms with E-state index >= 15 is 0 Å². The van der Waals surface area contributed by atoms with Crippen LogP contribution in [0.1, 0.15) is 15.9 Å². The van der Waals surface area contributed by atoms with Crippen LogP contribution in [-0.2, 0) is 21.4 Å². The van der Waals surface area contributed by atoms with E-state index in [1.807, 2.05) is 12.1 Å². The van der Waals surface area contributed by atoms with Crippen LogP contribution < -0.4 is 9.62 Å². The Morgan fingerprint density at radius 2 is 1.86 bits per heavy atom. The maximum absolute atomic E-state index is 13.1. The van der Waals surface area contributed by atoms with E-state index in [-0.39, 0.29) is 24.9 Å². The fraction of sp³-hybridized carbons (Fsp3) is 0.200. The molecule has 7 nitrogen and oxygen atoms in total. The summed E-state index contributed by atoms with van der Waals surface area (Å²) in [4.78, 5) is 26.2. The van der Waals surface area contributed by atoms with E-state index in [9.17, 15) is 18.0 Å². The SMILES string of the molecule is C=CC(=O)Nc1cccc(C(=O)N2CCN(S(C)(=O)=O)c3ccccc3C2)c1. The van der Waals surface area contributed by atoms with Crippen molar-refractivity contribution in [3.63, 3.8) is 0 Å². The van der Waals surface area contributed by atoms with Crippen molar-refractivity contribution in [2.45, 2.75) is 6.54 Å². The molecular formula is C20H21N3O4S. The maximum atomic E-state index is 13.1. The van der Waals surface area contributed by atoms with Gasteiger partial charge in [-0.2, -0.15) is 0 Å². The van der Waals surface area contributed by atoms with Gasteiger partial charge in [0.25, 0.3) is 5.91 Å². The van der Waals surface area contributed by atoms with Crippen molar-refractivity contribution >= 4 is 33.2 Å². The van der Waals surface area contributed by atoms with Gasteiger partial charge in [0.1, 0.15) is 0 Å². The molecule has 0 aromatic heterocycles. The molecule has 3 rings (SSSR count). The summed E-state index contributed by atoms with van der Waals surface area (Å²) in [6.45, 7) is 4.13. The van der Waals surface area contributed by atoms with Gasteiger partial charge in [-0.25, -0.2) is 8.42 Å². The number of nitrogens with zero attached hydrogens (tertiary/aromatic N) is 2. The predicted octanol–water partition coefficient (Wildman–Crippen LogP) is 2.23. The summed E-state index contributed by atoms with van der Waals surface area (Å²) < 4.78 is 25.7. The second kappa shape index (κ2) is 7.85. The number of carbonyl (C=O) groups excluding carboxylic acids is 2. The van der Waals surface area contributed by atoms with Crippen LogP contribution in [0.3, 0.4) is 0 Å². The maximum Gasteiger partial charge on any atom is 0.254 e. The molecule has 146 valence electrons. The number of para-hydroxylation sites is 1. The van der Waals surface area contributed by atoms with Gasteiger partial charge in [0, 0.05) is 24.3 Å². The number of sulfonamides is 1. The predicted molar refractivity (Wildman–Crippen MR) is 109 cm³/mol. The van der Waals surface area contributed by atoms with Gasteiger partial charge in [0.2, 0.25) is 15.9 Å². The first kappa shape index (κ1) is 19.6. The number of hydrogen-bond donors (Lipinski definition) is 1. The Hall–Kier alpha value is -3.13. The fourth-order valence-electron chi connectivity index (χ4n) is 3.13. The van der Waals surface area contributed by atoms with Crippen LogP contribution in [0.2, 0.25) is 0 Å². The summed E-state index contributed by atoms with van der Waals surface area (Å²) in [5.74, 6) is -0.600. The monoisotopic (exact) mass is 399 g/mol. The molecule has 0 spiro atoms. The number of fused-ring (bicyclic) bond motifs is 1. The molecule has 0 radical (unpaired) electrons. The molecule has 0 atom stereocenters. The van der Waals surface area contributed by atoms with E-state index in [1.165, 1.54) is 4.31 Å². The lowest BCUT2D eigenvalue weighted by atomic mass is 10.1. The number of carbonyl (C=O) groups is 2. The molecule has 1 aliphatic heterocycles. The van der Waals surface area contributed by atoms with Crippen LogP contribution in [0.5, 0.6) is 0 Å². The lowest BCUT2D eigenvalue weighted by molar-refractivity contribution is -0.111. The Morgan fingerprint density at radius 3 is 2.57 bits per heavy atom. The molecule has 2 aromatic carbocycles. The van der Waals surface area contributed by atoms with Gasteiger partial charge in [0.15, 0.2) is 0 Å². The zero-order valence-electron chi connectivity index (χ0n) is 15.5. The van der Waals surface area contributed by atoms with E-state index in [1.54, 1.807) is 41.3 Å². The van der Waals surface area contributed by atoms with Crippen LogP contribution in [0.4, 0.5) is 11.4 Å². The van der Waals surface area contributed by atoms with Gasteiger partial charge in [-0.1, -0.05) is 30.8 Å². The first-order valence-electron chi connectivity index (χ1n) is 8.68. The number of anilines is 2. The minimum absolute atomic E-state index is 0.175. The number of benzene rings is 2. The molecule has 0 aliphatic carbocycles. The molecule has 1 heterocycles. The highest BCUT2D eigenvalue weighted by Gasteiger charge is 2.27. The standard InChI is InChI=1S/C20H21N3O4S/c1-3-19(24)21-17-9-6-8-15(13-17)20(25)22-11-12-23(28(2,26)27)18-10-5-4-7-16(18)14-22/h3-10,13H,1,11-12,14H2,2H3,(H,21,24). The molecule has 0 saturated heterocycles. The summed E-state index contributed by atoms with van der Waals surface area (Å²) in [6.07, 6.45) is 2.31. The van der Waals surface area contributed by atoms with Crippen molar-refractivity contribution in [2.24, 2.45) is 0 Å². The van der Waals surface area contributed by atoms with E-state index in [4.69, 9.17) is 0 Å². The molecule has 0 fully saturated rings. The largest absolute Gasteiger partial charge is 0.332 e. The molecule has 0 unspecified atom stereocenters. The average molecular weight is 399 g/mol. The summed E-state index contributed by atoms with van der Waals surface area (Å²) in [7, 11) is -3.46. The summed E-state index contributed by atoms with van der Waals surface area (Å²) in [5.41, 5.74) is 2.25. The lowest BCUT2D eigenvalue weighted by Gasteiger charge is -2.22. The fourth-order valence-corrected chi connectivity index (χ4v) is 4.08. The molecule has 2 aromatic rings. The van der Waals surface area contributed by atoms with Crippen molar-refractivity contribution in [1.82, 2.24) is 4.90 Å². The Bertz CT molecular complexity index is 1030. The second-order valence-electron chi connectivity index (χ2n) is 6.46. The third kappa shape index (κ3) is 4.23. The number of amides is 2. The molecule has 0 saturated carbocycles. The van der Waals surface area contributed by atoms with Gasteiger partial charge in [0.05, 0.1) is 18.5 Å². The van der Waals surface area contributed by atoms with E-state index in [0.717, 1.165) is 17.9 Å². The Kier molecular flexibility index (Phi) is 5.51. The zero-order chi connectivity index (χ0) is 20.3. The molecule has 1 N–H and O–H groups in total. The molecule has 1 aliphatic rings. The van der Waals surface area contributed by atoms with Gasteiger partial charge in [-0.3, -0.25) is 13.9 Å². The van der Waals surface area contributed by atoms with Gasteiger partial charge < -0.3 is 10.2 Å². The molecule has 28 heavy (non-hydrogen) atoms. The highest BCUT2D eigenvalue weighted by Crippen LogP contribution is 2.27. The smallest absolute Gasteiger partial charge is 0.254 e. The third-order valence-corrected chi connectivity index (χ3v) is 5.62. The van der Waals surface area contributed by atoms with Crippen LogP contribution in [0.25, 0.3) is 0 Å². The molecular weight excluding hydrogens is 378 g/mol. The number of rotatable bonds is 4. The number of nitrogens with one attached hydrogen (secondary N) is 1. The molecule has 2 amide bonds. The molecule has 0 bridgehead atoms. The topological polar surface area (TPSA) is 86.8 Å². The number of hydrogen-bond acceptors (Lipinski definition) is 4. The zero-order valence-corrected chi connectivity index (χ0v) is 16.3. The Morgan fingerprint density at radius 1 is 1.11 bits per heavy atom. The van der Waals surface area contributed by atoms with Crippen molar-refractivity contribution in [1.29, 1.82) is 0 Å². The van der Waals surface area contributed by atoms with E-state index in [0.29, 0.717) is 23.5 Å². The molecule has 8 heteroatoms. The minimum Gasteiger partial charge on any atom is -0.332 e. The highest BCUT2D eigenvalue weighted by atomic mass is 32.2. The Labute approximate surface area is 164 Å². The van der Waals surface area contributed by atoms with Crippen LogP contribution in [0, 0.1) is 0 Å². The second-order valence-corrected chi connectivity index (χ2v) is 8.37. The summed E-state index contributed by atoms with van der Waals surface area (Å²) in [6, 6.07) is 13.8. The minimum atomic E-state index is -3.46. The van der Waals surface area contributed by atoms with Gasteiger partial charge in [-0.15, -0.1) is 0 Å². The van der Waals surface area contributed by atoms with Crippen LogP contribution in [-0.4, -0.2) is 44.5 Å². The highest BCUT2D eigenvalue weighted by molar-refractivity contribution is 7.92. The average Bonchev–Trinajstić information content (AvgIpc) is 2.87. The van der Waals surface area contributed by atoms with Crippen LogP contribution >= 0.6 is 0 Å². The summed E-state index contributed by atoms with van der Waals surface area (Å²) in [5, 5.41) is 2.63. The van der Waals surface area contributed by atoms with Gasteiger partial charge >= 0.3 is 0 Å². The van der Waals surface area contributed by atoms with Crippen LogP contribution in [0.15, 0.2) is 61.2 Å². The van der Waals surface area contributed by atoms with E-state index < -0.39 is 10.0 Å². The summed E-state index contributed by atoms with van der Waals surface area (Å²) >= 11 is 0. The Balaban J connectivity index is 1.89. The third-order valence-electron chi connectivity index (χ3n) is 4.44. The first-order chi connectivity index (χ1) is 13.3. The lowest BCUT2D eigenvalue weighted by Crippen LogP contribution is -2.37. The van der Waals surface area contributed by atoms with E-state index in [2.05, 4.69) is 11.9 Å². The van der Waals surface area contributed by atoms with Crippen molar-refractivity contribution in [3.05, 3.63) is 72.3 Å². The van der Waals surface area contributed by atoms with Crippen molar-refractivity contribution in [2.75, 3.05) is 29.0 Å². The normalized spacial score (nSPS) is 14.0. The first-order valence-corrected chi connectivity index (χ1v) is 10.5. The van der Waals surface area contributed by atoms with Gasteiger partial charge in [-0.05, 0) is 35.9 Å². The quantitative estimate of drug-likeness (QED) is 0.799.